The number of hydrogen-bond acceptors (Lipinski definition) is 4. The first-order valence-corrected chi connectivity index (χ1v) is 9.58. The van der Waals surface area contributed by atoms with E-state index < -0.39 is 5.82 Å². The van der Waals surface area contributed by atoms with Gasteiger partial charge in [-0.25, -0.2) is 9.38 Å². The fourth-order valence-electron chi connectivity index (χ4n) is 2.74. The topological polar surface area (TPSA) is 91.5 Å². The molecule has 7 nitrogen and oxygen atoms in total. The van der Waals surface area contributed by atoms with Crippen molar-refractivity contribution in [2.75, 3.05) is 18.4 Å². The van der Waals surface area contributed by atoms with Gasteiger partial charge in [0.25, 0.3) is 0 Å². The third-order valence-corrected chi connectivity index (χ3v) is 4.24. The highest BCUT2D eigenvalue weighted by atomic mass is 19.1. The van der Waals surface area contributed by atoms with E-state index in [1.165, 1.54) is 18.2 Å². The number of rotatable bonds is 9. The molecule has 0 saturated heterocycles. The molecule has 2 aromatic rings. The van der Waals surface area contributed by atoms with Gasteiger partial charge in [0.15, 0.2) is 11.7 Å². The SMILES string of the molecule is CCNC(=NCC(=O)Nc1cccc(F)c1)NCc1cc(C(CC)CC)no1. The minimum Gasteiger partial charge on any atom is -0.359 e. The van der Waals surface area contributed by atoms with Crippen LogP contribution in [0.15, 0.2) is 39.8 Å². The number of aliphatic imine (C=N–C) groups is 1. The van der Waals surface area contributed by atoms with Crippen LogP contribution < -0.4 is 16.0 Å². The van der Waals surface area contributed by atoms with Crippen molar-refractivity contribution in [3.8, 4) is 0 Å². The Morgan fingerprint density at radius 1 is 1.21 bits per heavy atom. The van der Waals surface area contributed by atoms with Crippen LogP contribution >= 0.6 is 0 Å². The van der Waals surface area contributed by atoms with Gasteiger partial charge in [0.05, 0.1) is 12.2 Å². The van der Waals surface area contributed by atoms with Crippen LogP contribution in [0, 0.1) is 5.82 Å². The van der Waals surface area contributed by atoms with Gasteiger partial charge < -0.3 is 20.5 Å². The smallest absolute Gasteiger partial charge is 0.246 e. The molecule has 0 saturated carbocycles. The van der Waals surface area contributed by atoms with Gasteiger partial charge in [0, 0.05) is 24.2 Å². The average Bonchev–Trinajstić information content (AvgIpc) is 3.14. The van der Waals surface area contributed by atoms with Gasteiger partial charge >= 0.3 is 0 Å². The van der Waals surface area contributed by atoms with Crippen LogP contribution in [-0.4, -0.2) is 30.1 Å². The molecule has 1 aromatic carbocycles. The fourth-order valence-corrected chi connectivity index (χ4v) is 2.74. The molecule has 152 valence electrons. The van der Waals surface area contributed by atoms with E-state index in [0.29, 0.717) is 36.4 Å². The molecule has 0 atom stereocenters. The summed E-state index contributed by atoms with van der Waals surface area (Å²) in [5, 5.41) is 12.9. The molecule has 0 aliphatic rings. The lowest BCUT2D eigenvalue weighted by Gasteiger charge is -2.10. The Bertz CT molecular complexity index is 786. The molecule has 3 N–H and O–H groups in total. The second kappa shape index (κ2) is 11.1. The molecule has 1 amide bonds. The zero-order chi connectivity index (χ0) is 20.4. The predicted molar refractivity (Wildman–Crippen MR) is 108 cm³/mol. The highest BCUT2D eigenvalue weighted by Crippen LogP contribution is 2.22. The van der Waals surface area contributed by atoms with Gasteiger partial charge in [-0.05, 0) is 38.0 Å². The zero-order valence-corrected chi connectivity index (χ0v) is 16.6. The molecule has 2 rings (SSSR count). The van der Waals surface area contributed by atoms with Crippen LogP contribution in [0.25, 0.3) is 0 Å². The molecule has 0 radical (unpaired) electrons. The number of carbonyl (C=O) groups excluding carboxylic acids is 1. The standard InChI is InChI=1S/C20H28FN5O2/c1-4-14(5-2)18-11-17(28-26-18)12-23-20(22-6-3)24-13-19(27)25-16-9-7-8-15(21)10-16/h7-11,14H,4-6,12-13H2,1-3H3,(H,25,27)(H2,22,23,24). The van der Waals surface area contributed by atoms with Crippen LogP contribution in [0.5, 0.6) is 0 Å². The summed E-state index contributed by atoms with van der Waals surface area (Å²) in [7, 11) is 0. The van der Waals surface area contributed by atoms with Gasteiger partial charge in [-0.1, -0.05) is 25.1 Å². The van der Waals surface area contributed by atoms with Gasteiger partial charge in [-0.2, -0.15) is 0 Å². The van der Waals surface area contributed by atoms with Crippen LogP contribution in [0.2, 0.25) is 0 Å². The largest absolute Gasteiger partial charge is 0.359 e. The number of carbonyl (C=O) groups is 1. The Morgan fingerprint density at radius 2 is 2.00 bits per heavy atom. The highest BCUT2D eigenvalue weighted by molar-refractivity contribution is 5.94. The number of nitrogens with zero attached hydrogens (tertiary/aromatic N) is 2. The molecule has 0 bridgehead atoms. The van der Waals surface area contributed by atoms with Crippen molar-refractivity contribution in [3.63, 3.8) is 0 Å². The Kier molecular flexibility index (Phi) is 8.45. The third kappa shape index (κ3) is 6.68. The average molecular weight is 389 g/mol. The number of guanidine groups is 1. The molecule has 28 heavy (non-hydrogen) atoms. The molecule has 0 fully saturated rings. The van der Waals surface area contributed by atoms with Crippen molar-refractivity contribution >= 4 is 17.6 Å². The quantitative estimate of drug-likeness (QED) is 0.452. The minimum atomic E-state index is -0.406. The van der Waals surface area contributed by atoms with E-state index in [-0.39, 0.29) is 12.5 Å². The number of benzene rings is 1. The normalized spacial score (nSPS) is 11.5. The van der Waals surface area contributed by atoms with Crippen molar-refractivity contribution in [2.24, 2.45) is 4.99 Å². The Hall–Kier alpha value is -2.90. The summed E-state index contributed by atoms with van der Waals surface area (Å²) >= 11 is 0. The number of hydrogen-bond donors (Lipinski definition) is 3. The summed E-state index contributed by atoms with van der Waals surface area (Å²) in [5.74, 6) is 0.842. The first-order chi connectivity index (χ1) is 13.5. The molecule has 8 heteroatoms. The zero-order valence-electron chi connectivity index (χ0n) is 16.6. The van der Waals surface area contributed by atoms with Gasteiger partial charge in [0.1, 0.15) is 12.4 Å². The summed E-state index contributed by atoms with van der Waals surface area (Å²) in [5.41, 5.74) is 1.35. The summed E-state index contributed by atoms with van der Waals surface area (Å²) in [6.45, 7) is 7.15. The van der Waals surface area contributed by atoms with Crippen molar-refractivity contribution < 1.29 is 13.7 Å². The van der Waals surface area contributed by atoms with E-state index in [9.17, 15) is 9.18 Å². The predicted octanol–water partition coefficient (Wildman–Crippen LogP) is 3.41. The molecular weight excluding hydrogens is 361 g/mol. The van der Waals surface area contributed by atoms with Crippen LogP contribution in [0.3, 0.4) is 0 Å². The molecule has 0 aliphatic heterocycles. The summed E-state index contributed by atoms with van der Waals surface area (Å²) in [6, 6.07) is 7.68. The minimum absolute atomic E-state index is 0.0960. The van der Waals surface area contributed by atoms with E-state index in [2.05, 4.69) is 39.9 Å². The molecule has 0 aliphatic carbocycles. The van der Waals surface area contributed by atoms with Crippen molar-refractivity contribution in [1.82, 2.24) is 15.8 Å². The lowest BCUT2D eigenvalue weighted by Crippen LogP contribution is -2.37. The number of amides is 1. The molecule has 0 spiro atoms. The van der Waals surface area contributed by atoms with Gasteiger partial charge in [-0.3, -0.25) is 4.79 Å². The summed E-state index contributed by atoms with van der Waals surface area (Å²) in [6.07, 6.45) is 2.03. The van der Waals surface area contributed by atoms with E-state index in [1.807, 2.05) is 13.0 Å². The maximum absolute atomic E-state index is 13.2. The monoisotopic (exact) mass is 389 g/mol. The van der Waals surface area contributed by atoms with Crippen LogP contribution in [0.1, 0.15) is 51.0 Å². The first kappa shape index (κ1) is 21.4. The van der Waals surface area contributed by atoms with Crippen LogP contribution in [-0.2, 0) is 11.3 Å². The summed E-state index contributed by atoms with van der Waals surface area (Å²) in [4.78, 5) is 16.3. The van der Waals surface area contributed by atoms with Crippen molar-refractivity contribution in [3.05, 3.63) is 47.6 Å². The van der Waals surface area contributed by atoms with Gasteiger partial charge in [0.2, 0.25) is 5.91 Å². The van der Waals surface area contributed by atoms with E-state index >= 15 is 0 Å². The van der Waals surface area contributed by atoms with E-state index in [1.54, 1.807) is 6.07 Å². The highest BCUT2D eigenvalue weighted by Gasteiger charge is 2.13. The van der Waals surface area contributed by atoms with Gasteiger partial charge in [-0.15, -0.1) is 0 Å². The number of nitrogens with one attached hydrogen (secondary N) is 3. The van der Waals surface area contributed by atoms with E-state index in [4.69, 9.17) is 4.52 Å². The Morgan fingerprint density at radius 3 is 2.68 bits per heavy atom. The Balaban J connectivity index is 1.90. The van der Waals surface area contributed by atoms with E-state index in [0.717, 1.165) is 18.5 Å². The number of aromatic nitrogens is 1. The summed E-state index contributed by atoms with van der Waals surface area (Å²) < 4.78 is 18.6. The lowest BCUT2D eigenvalue weighted by atomic mass is 9.99. The number of anilines is 1. The second-order valence-electron chi connectivity index (χ2n) is 6.34. The fraction of sp³-hybridized carbons (Fsp3) is 0.450. The molecule has 1 heterocycles. The van der Waals surface area contributed by atoms with Crippen molar-refractivity contribution in [1.29, 1.82) is 0 Å². The molecule has 1 aromatic heterocycles. The maximum atomic E-state index is 13.2. The lowest BCUT2D eigenvalue weighted by molar-refractivity contribution is -0.114. The number of halogens is 1. The molecule has 0 unspecified atom stereocenters. The van der Waals surface area contributed by atoms with Crippen LogP contribution in [0.4, 0.5) is 10.1 Å². The molecular formula is C20H28FN5O2. The first-order valence-electron chi connectivity index (χ1n) is 9.58. The van der Waals surface area contributed by atoms with Crippen molar-refractivity contribution in [2.45, 2.75) is 46.1 Å². The Labute approximate surface area is 164 Å². The second-order valence-corrected chi connectivity index (χ2v) is 6.34. The maximum Gasteiger partial charge on any atom is 0.246 e. The third-order valence-electron chi connectivity index (χ3n) is 4.24.